The first-order valence-corrected chi connectivity index (χ1v) is 7.23. The standard InChI is InChI=1S/C17H22N2/c1-5-17(6-2)15-11-12-18-19(15)14-10-8-7-9-13(14)16(17,3)4/h7-12H,5-6H2,1-4H3. The predicted octanol–water partition coefficient (Wildman–Crippen LogP) is 4.22. The Labute approximate surface area is 115 Å². The molecule has 1 aliphatic rings. The molecule has 1 aromatic carbocycles. The van der Waals surface area contributed by atoms with E-state index >= 15 is 0 Å². The van der Waals surface area contributed by atoms with Crippen LogP contribution >= 0.6 is 0 Å². The molecule has 0 atom stereocenters. The lowest BCUT2D eigenvalue weighted by Gasteiger charge is -2.50. The minimum Gasteiger partial charge on any atom is -0.237 e. The summed E-state index contributed by atoms with van der Waals surface area (Å²) in [5.41, 5.74) is 4.31. The van der Waals surface area contributed by atoms with Gasteiger partial charge in [-0.1, -0.05) is 45.9 Å². The molecule has 2 nitrogen and oxygen atoms in total. The van der Waals surface area contributed by atoms with Crippen LogP contribution < -0.4 is 0 Å². The summed E-state index contributed by atoms with van der Waals surface area (Å²) < 4.78 is 2.15. The number of rotatable bonds is 2. The first-order chi connectivity index (χ1) is 9.08. The van der Waals surface area contributed by atoms with Crippen LogP contribution in [0.15, 0.2) is 36.5 Å². The minimum absolute atomic E-state index is 0.128. The van der Waals surface area contributed by atoms with E-state index in [2.05, 4.69) is 67.8 Å². The Morgan fingerprint density at radius 3 is 2.42 bits per heavy atom. The second-order valence-electron chi connectivity index (χ2n) is 6.06. The molecule has 2 heteroatoms. The fourth-order valence-electron chi connectivity index (χ4n) is 4.12. The van der Waals surface area contributed by atoms with Crippen LogP contribution in [-0.4, -0.2) is 9.78 Å². The van der Waals surface area contributed by atoms with Crippen molar-refractivity contribution in [2.24, 2.45) is 0 Å². The zero-order chi connectivity index (χ0) is 13.7. The summed E-state index contributed by atoms with van der Waals surface area (Å²) in [7, 11) is 0. The molecule has 0 saturated carbocycles. The maximum Gasteiger partial charge on any atom is 0.0686 e. The molecule has 0 amide bonds. The van der Waals surface area contributed by atoms with E-state index in [0.717, 1.165) is 12.8 Å². The van der Waals surface area contributed by atoms with Crippen molar-refractivity contribution in [1.29, 1.82) is 0 Å². The van der Waals surface area contributed by atoms with Crippen molar-refractivity contribution in [2.75, 3.05) is 0 Å². The predicted molar refractivity (Wildman–Crippen MR) is 78.9 cm³/mol. The SMILES string of the molecule is CCC1(CC)c2ccnn2-c2ccccc2C1(C)C. The van der Waals surface area contributed by atoms with Crippen LogP contribution in [0, 0.1) is 0 Å². The van der Waals surface area contributed by atoms with Gasteiger partial charge in [-0.3, -0.25) is 0 Å². The van der Waals surface area contributed by atoms with Crippen LogP contribution in [0.25, 0.3) is 5.69 Å². The molecule has 3 rings (SSSR count). The second kappa shape index (κ2) is 3.96. The van der Waals surface area contributed by atoms with Crippen LogP contribution in [0.4, 0.5) is 0 Å². The average Bonchev–Trinajstić information content (AvgIpc) is 2.90. The van der Waals surface area contributed by atoms with Gasteiger partial charge in [-0.15, -0.1) is 0 Å². The first kappa shape index (κ1) is 12.5. The van der Waals surface area contributed by atoms with Gasteiger partial charge >= 0.3 is 0 Å². The smallest absolute Gasteiger partial charge is 0.0686 e. The number of hydrogen-bond acceptors (Lipinski definition) is 1. The molecule has 0 unspecified atom stereocenters. The average molecular weight is 254 g/mol. The summed E-state index contributed by atoms with van der Waals surface area (Å²) >= 11 is 0. The summed E-state index contributed by atoms with van der Waals surface area (Å²) in [6.45, 7) is 9.37. The molecule has 2 heterocycles. The van der Waals surface area contributed by atoms with Crippen molar-refractivity contribution in [3.05, 3.63) is 47.8 Å². The van der Waals surface area contributed by atoms with E-state index in [1.807, 2.05) is 6.20 Å². The van der Waals surface area contributed by atoms with Gasteiger partial charge in [0.05, 0.1) is 11.4 Å². The summed E-state index contributed by atoms with van der Waals surface area (Å²) in [5, 5.41) is 4.57. The molecule has 100 valence electrons. The number of benzene rings is 1. The van der Waals surface area contributed by atoms with Crippen molar-refractivity contribution in [3.8, 4) is 5.69 Å². The van der Waals surface area contributed by atoms with Crippen LogP contribution in [0.3, 0.4) is 0 Å². The van der Waals surface area contributed by atoms with Crippen LogP contribution in [-0.2, 0) is 10.8 Å². The molecule has 0 saturated heterocycles. The number of aromatic nitrogens is 2. The Bertz CT molecular complexity index is 603. The van der Waals surface area contributed by atoms with Gasteiger partial charge < -0.3 is 0 Å². The molecule has 0 spiro atoms. The van der Waals surface area contributed by atoms with E-state index in [-0.39, 0.29) is 10.8 Å². The highest BCUT2D eigenvalue weighted by Gasteiger charge is 2.50. The van der Waals surface area contributed by atoms with Crippen LogP contribution in [0.1, 0.15) is 51.8 Å². The van der Waals surface area contributed by atoms with Crippen molar-refractivity contribution in [2.45, 2.75) is 51.4 Å². The molecule has 1 aliphatic heterocycles. The fraction of sp³-hybridized carbons (Fsp3) is 0.471. The van der Waals surface area contributed by atoms with E-state index in [4.69, 9.17) is 0 Å². The second-order valence-corrected chi connectivity index (χ2v) is 6.06. The Hall–Kier alpha value is -1.57. The third-order valence-corrected chi connectivity index (χ3v) is 5.34. The van der Waals surface area contributed by atoms with Crippen LogP contribution in [0.2, 0.25) is 0 Å². The number of fused-ring (bicyclic) bond motifs is 3. The van der Waals surface area contributed by atoms with Crippen molar-refractivity contribution in [1.82, 2.24) is 9.78 Å². The van der Waals surface area contributed by atoms with E-state index in [9.17, 15) is 0 Å². The summed E-state index contributed by atoms with van der Waals surface area (Å²) in [6.07, 6.45) is 4.21. The highest BCUT2D eigenvalue weighted by Crippen LogP contribution is 2.53. The molecule has 0 radical (unpaired) electrons. The Morgan fingerprint density at radius 2 is 1.74 bits per heavy atom. The summed E-state index contributed by atoms with van der Waals surface area (Å²) in [5.74, 6) is 0. The topological polar surface area (TPSA) is 17.8 Å². The van der Waals surface area contributed by atoms with Gasteiger partial charge in [-0.2, -0.15) is 5.10 Å². The van der Waals surface area contributed by atoms with Gasteiger partial charge in [0.1, 0.15) is 0 Å². The molecular weight excluding hydrogens is 232 g/mol. The third-order valence-electron chi connectivity index (χ3n) is 5.34. The van der Waals surface area contributed by atoms with Gasteiger partial charge in [-0.25, -0.2) is 4.68 Å². The highest BCUT2D eigenvalue weighted by molar-refractivity contribution is 5.53. The molecule has 0 N–H and O–H groups in total. The highest BCUT2D eigenvalue weighted by atomic mass is 15.3. The normalized spacial score (nSPS) is 18.7. The zero-order valence-corrected chi connectivity index (χ0v) is 12.3. The van der Waals surface area contributed by atoms with Gasteiger partial charge in [0, 0.05) is 17.0 Å². The number of hydrogen-bond donors (Lipinski definition) is 0. The maximum atomic E-state index is 4.57. The molecular formula is C17H22N2. The monoisotopic (exact) mass is 254 g/mol. The molecule has 0 fully saturated rings. The molecule has 0 bridgehead atoms. The molecule has 19 heavy (non-hydrogen) atoms. The lowest BCUT2D eigenvalue weighted by Crippen LogP contribution is -2.49. The van der Waals surface area contributed by atoms with E-state index in [0.29, 0.717) is 0 Å². The third kappa shape index (κ3) is 1.35. The molecule has 2 aromatic rings. The number of nitrogens with zero attached hydrogens (tertiary/aromatic N) is 2. The summed E-state index contributed by atoms with van der Waals surface area (Å²) in [6, 6.07) is 10.9. The zero-order valence-electron chi connectivity index (χ0n) is 12.3. The molecule has 1 aromatic heterocycles. The minimum atomic E-state index is 0.128. The largest absolute Gasteiger partial charge is 0.237 e. The fourth-order valence-corrected chi connectivity index (χ4v) is 4.12. The quantitative estimate of drug-likeness (QED) is 0.784. The van der Waals surface area contributed by atoms with Crippen molar-refractivity contribution >= 4 is 0 Å². The van der Waals surface area contributed by atoms with Crippen LogP contribution in [0.5, 0.6) is 0 Å². The first-order valence-electron chi connectivity index (χ1n) is 7.23. The van der Waals surface area contributed by atoms with Gasteiger partial charge in [0.15, 0.2) is 0 Å². The van der Waals surface area contributed by atoms with Crippen molar-refractivity contribution < 1.29 is 0 Å². The Morgan fingerprint density at radius 1 is 1.05 bits per heavy atom. The van der Waals surface area contributed by atoms with Gasteiger partial charge in [0.2, 0.25) is 0 Å². The Kier molecular flexibility index (Phi) is 2.60. The van der Waals surface area contributed by atoms with Gasteiger partial charge in [0.25, 0.3) is 0 Å². The summed E-state index contributed by atoms with van der Waals surface area (Å²) in [4.78, 5) is 0. The van der Waals surface area contributed by atoms with E-state index in [1.165, 1.54) is 16.9 Å². The lowest BCUT2D eigenvalue weighted by atomic mass is 9.56. The van der Waals surface area contributed by atoms with E-state index in [1.54, 1.807) is 0 Å². The Balaban J connectivity index is 2.40. The lowest BCUT2D eigenvalue weighted by molar-refractivity contribution is 0.209. The van der Waals surface area contributed by atoms with Gasteiger partial charge in [-0.05, 0) is 30.5 Å². The van der Waals surface area contributed by atoms with E-state index < -0.39 is 0 Å². The maximum absolute atomic E-state index is 4.57. The molecule has 0 aliphatic carbocycles. The number of para-hydroxylation sites is 1. The van der Waals surface area contributed by atoms with Crippen molar-refractivity contribution in [3.63, 3.8) is 0 Å².